The molecule has 90 valence electrons. The largest absolute Gasteiger partial charge is 0.382 e. The summed E-state index contributed by atoms with van der Waals surface area (Å²) in [6.07, 6.45) is 4.33. The number of pyridine rings is 1. The highest BCUT2D eigenvalue weighted by atomic mass is 15.0. The van der Waals surface area contributed by atoms with E-state index in [-0.39, 0.29) is 5.82 Å². The average molecular weight is 239 g/mol. The van der Waals surface area contributed by atoms with Gasteiger partial charge in [-0.2, -0.15) is 5.26 Å². The Morgan fingerprint density at radius 2 is 2.17 bits per heavy atom. The topological polar surface area (TPSA) is 88.5 Å². The summed E-state index contributed by atoms with van der Waals surface area (Å²) in [5.74, 6) is 0.766. The van der Waals surface area contributed by atoms with Crippen LogP contribution in [0.1, 0.15) is 23.7 Å². The van der Waals surface area contributed by atoms with Crippen LogP contribution in [0.2, 0.25) is 0 Å². The third-order valence-corrected chi connectivity index (χ3v) is 2.76. The van der Waals surface area contributed by atoms with Gasteiger partial charge in [-0.15, -0.1) is 0 Å². The van der Waals surface area contributed by atoms with Crippen LogP contribution in [0.25, 0.3) is 11.4 Å². The molecule has 2 heterocycles. The van der Waals surface area contributed by atoms with Gasteiger partial charge in [0.2, 0.25) is 0 Å². The number of nitriles is 1. The lowest BCUT2D eigenvalue weighted by Gasteiger charge is -2.08. The lowest BCUT2D eigenvalue weighted by molar-refractivity contribution is 1.06. The standard InChI is InChI=1S/C13H13N5/c1-3-9-7-16-5-4-10(9)13-17-8(2)11(6-14)12(15)18-13/h4-5,7H,3H2,1-2H3,(H2,15,17,18). The monoisotopic (exact) mass is 239 g/mol. The van der Waals surface area contributed by atoms with Gasteiger partial charge in [0, 0.05) is 18.0 Å². The second kappa shape index (κ2) is 4.80. The molecule has 0 radical (unpaired) electrons. The number of aryl methyl sites for hydroxylation is 2. The summed E-state index contributed by atoms with van der Waals surface area (Å²) < 4.78 is 0. The summed E-state index contributed by atoms with van der Waals surface area (Å²) in [7, 11) is 0. The van der Waals surface area contributed by atoms with Gasteiger partial charge < -0.3 is 5.73 Å². The summed E-state index contributed by atoms with van der Waals surface area (Å²) in [5.41, 5.74) is 8.67. The van der Waals surface area contributed by atoms with Crippen LogP contribution in [0.3, 0.4) is 0 Å². The molecule has 2 N–H and O–H groups in total. The summed E-state index contributed by atoms with van der Waals surface area (Å²) in [6, 6.07) is 3.87. The zero-order chi connectivity index (χ0) is 13.1. The maximum atomic E-state index is 8.94. The molecular formula is C13H13N5. The lowest BCUT2D eigenvalue weighted by Crippen LogP contribution is -2.04. The van der Waals surface area contributed by atoms with Crippen molar-refractivity contribution in [2.45, 2.75) is 20.3 Å². The molecule has 0 aliphatic heterocycles. The van der Waals surface area contributed by atoms with Crippen LogP contribution in [0, 0.1) is 18.3 Å². The van der Waals surface area contributed by atoms with Crippen molar-refractivity contribution in [1.82, 2.24) is 15.0 Å². The smallest absolute Gasteiger partial charge is 0.162 e. The maximum Gasteiger partial charge on any atom is 0.162 e. The first-order valence-corrected chi connectivity index (χ1v) is 5.64. The molecule has 2 aromatic rings. The molecule has 0 bridgehead atoms. The quantitative estimate of drug-likeness (QED) is 0.864. The van der Waals surface area contributed by atoms with Crippen LogP contribution in [-0.2, 0) is 6.42 Å². The number of rotatable bonds is 2. The fourth-order valence-corrected chi connectivity index (χ4v) is 1.78. The number of nitrogens with zero attached hydrogens (tertiary/aromatic N) is 4. The third kappa shape index (κ3) is 2.00. The molecule has 18 heavy (non-hydrogen) atoms. The Morgan fingerprint density at radius 3 is 2.78 bits per heavy atom. The zero-order valence-corrected chi connectivity index (χ0v) is 10.3. The highest BCUT2D eigenvalue weighted by Crippen LogP contribution is 2.22. The van der Waals surface area contributed by atoms with Gasteiger partial charge in [0.1, 0.15) is 17.5 Å². The van der Waals surface area contributed by atoms with Crippen molar-refractivity contribution < 1.29 is 0 Å². The highest BCUT2D eigenvalue weighted by molar-refractivity contribution is 5.63. The fourth-order valence-electron chi connectivity index (χ4n) is 1.78. The van der Waals surface area contributed by atoms with E-state index in [9.17, 15) is 0 Å². The molecule has 0 fully saturated rings. The van der Waals surface area contributed by atoms with E-state index in [4.69, 9.17) is 11.0 Å². The molecule has 0 amide bonds. The Labute approximate surface area is 105 Å². The van der Waals surface area contributed by atoms with E-state index in [1.54, 1.807) is 19.3 Å². The van der Waals surface area contributed by atoms with Crippen molar-refractivity contribution in [2.24, 2.45) is 0 Å². The molecule has 0 saturated carbocycles. The van der Waals surface area contributed by atoms with E-state index in [0.29, 0.717) is 17.1 Å². The Bertz CT molecular complexity index is 605. The summed E-state index contributed by atoms with van der Waals surface area (Å²) in [5, 5.41) is 8.94. The maximum absolute atomic E-state index is 8.94. The minimum atomic E-state index is 0.221. The van der Waals surface area contributed by atoms with Crippen LogP contribution in [0.5, 0.6) is 0 Å². The number of nitrogens with two attached hydrogens (primary N) is 1. The average Bonchev–Trinajstić information content (AvgIpc) is 2.38. The van der Waals surface area contributed by atoms with Gasteiger partial charge in [0.25, 0.3) is 0 Å². The number of aromatic nitrogens is 3. The van der Waals surface area contributed by atoms with Crippen LogP contribution in [-0.4, -0.2) is 15.0 Å². The van der Waals surface area contributed by atoms with Crippen LogP contribution < -0.4 is 5.73 Å². The molecule has 0 spiro atoms. The van der Waals surface area contributed by atoms with Gasteiger partial charge >= 0.3 is 0 Å². The molecule has 0 unspecified atom stereocenters. The van der Waals surface area contributed by atoms with Crippen LogP contribution in [0.15, 0.2) is 18.5 Å². The Balaban J connectivity index is 2.63. The van der Waals surface area contributed by atoms with E-state index in [0.717, 1.165) is 17.5 Å². The number of nitrogen functional groups attached to an aromatic ring is 1. The van der Waals surface area contributed by atoms with Crippen molar-refractivity contribution in [3.8, 4) is 17.5 Å². The predicted octanol–water partition coefficient (Wildman–Crippen LogP) is 1.86. The SMILES string of the molecule is CCc1cnccc1-c1nc(C)c(C#N)c(N)n1. The van der Waals surface area contributed by atoms with E-state index >= 15 is 0 Å². The highest BCUT2D eigenvalue weighted by Gasteiger charge is 2.12. The predicted molar refractivity (Wildman–Crippen MR) is 68.5 cm³/mol. The fraction of sp³-hybridized carbons (Fsp3) is 0.231. The Morgan fingerprint density at radius 1 is 1.39 bits per heavy atom. The molecule has 5 nitrogen and oxygen atoms in total. The second-order valence-corrected chi connectivity index (χ2v) is 3.89. The normalized spacial score (nSPS) is 10.1. The third-order valence-electron chi connectivity index (χ3n) is 2.76. The summed E-state index contributed by atoms with van der Waals surface area (Å²) in [6.45, 7) is 3.80. The van der Waals surface area contributed by atoms with Crippen LogP contribution in [0.4, 0.5) is 5.82 Å². The molecule has 0 saturated heterocycles. The van der Waals surface area contributed by atoms with E-state index < -0.39 is 0 Å². The first kappa shape index (κ1) is 12.0. The molecule has 0 atom stereocenters. The first-order valence-electron chi connectivity index (χ1n) is 5.64. The first-order chi connectivity index (χ1) is 8.67. The molecule has 0 aliphatic rings. The number of hydrogen-bond acceptors (Lipinski definition) is 5. The molecule has 0 aliphatic carbocycles. The number of anilines is 1. The molecular weight excluding hydrogens is 226 g/mol. The molecule has 2 rings (SSSR count). The second-order valence-electron chi connectivity index (χ2n) is 3.89. The number of hydrogen-bond donors (Lipinski definition) is 1. The van der Waals surface area contributed by atoms with Crippen LogP contribution >= 0.6 is 0 Å². The van der Waals surface area contributed by atoms with Gasteiger partial charge in [-0.05, 0) is 25.0 Å². The Hall–Kier alpha value is -2.48. The zero-order valence-electron chi connectivity index (χ0n) is 10.3. The van der Waals surface area contributed by atoms with Gasteiger partial charge in [0.05, 0.1) is 5.69 Å². The lowest BCUT2D eigenvalue weighted by atomic mass is 10.1. The van der Waals surface area contributed by atoms with Gasteiger partial charge in [-0.25, -0.2) is 9.97 Å². The van der Waals surface area contributed by atoms with Crippen molar-refractivity contribution >= 4 is 5.82 Å². The van der Waals surface area contributed by atoms with Crippen molar-refractivity contribution in [3.63, 3.8) is 0 Å². The van der Waals surface area contributed by atoms with Gasteiger partial charge in [0.15, 0.2) is 5.82 Å². The minimum Gasteiger partial charge on any atom is -0.382 e. The molecule has 2 aromatic heterocycles. The van der Waals surface area contributed by atoms with E-state index in [1.165, 1.54) is 0 Å². The van der Waals surface area contributed by atoms with E-state index in [1.807, 2.05) is 19.1 Å². The van der Waals surface area contributed by atoms with Crippen molar-refractivity contribution in [3.05, 3.63) is 35.3 Å². The molecule has 0 aromatic carbocycles. The van der Waals surface area contributed by atoms with Crippen molar-refractivity contribution in [2.75, 3.05) is 5.73 Å². The summed E-state index contributed by atoms with van der Waals surface area (Å²) in [4.78, 5) is 12.6. The van der Waals surface area contributed by atoms with E-state index in [2.05, 4.69) is 15.0 Å². The Kier molecular flexibility index (Phi) is 3.20. The van der Waals surface area contributed by atoms with Gasteiger partial charge in [-0.1, -0.05) is 6.92 Å². The minimum absolute atomic E-state index is 0.221. The summed E-state index contributed by atoms with van der Waals surface area (Å²) >= 11 is 0. The van der Waals surface area contributed by atoms with Gasteiger partial charge in [-0.3, -0.25) is 4.98 Å². The molecule has 5 heteroatoms. The van der Waals surface area contributed by atoms with Crippen molar-refractivity contribution in [1.29, 1.82) is 5.26 Å².